The van der Waals surface area contributed by atoms with Crippen molar-refractivity contribution in [3.63, 3.8) is 0 Å². The quantitative estimate of drug-likeness (QED) is 0.799. The van der Waals surface area contributed by atoms with Crippen LogP contribution in [-0.4, -0.2) is 29.4 Å². The van der Waals surface area contributed by atoms with E-state index in [0.29, 0.717) is 22.5 Å². The minimum absolute atomic E-state index is 0.469. The summed E-state index contributed by atoms with van der Waals surface area (Å²) in [6, 6.07) is 5.48. The Morgan fingerprint density at radius 2 is 1.69 bits per heavy atom. The first-order valence-corrected chi connectivity index (χ1v) is 5.02. The van der Waals surface area contributed by atoms with Crippen molar-refractivity contribution in [1.82, 2.24) is 15.2 Å². The maximum absolute atomic E-state index is 5.16. The first-order valence-electron chi connectivity index (χ1n) is 4.58. The van der Waals surface area contributed by atoms with E-state index in [4.69, 9.17) is 9.47 Å². The largest absolute Gasteiger partial charge is 0.497 e. The lowest BCUT2D eigenvalue weighted by Gasteiger charge is -2.06. The molecule has 0 bridgehead atoms. The van der Waals surface area contributed by atoms with Crippen LogP contribution in [-0.2, 0) is 0 Å². The van der Waals surface area contributed by atoms with Gasteiger partial charge in [0, 0.05) is 11.6 Å². The molecule has 0 saturated carbocycles. The van der Waals surface area contributed by atoms with E-state index < -0.39 is 0 Å². The molecule has 16 heavy (non-hydrogen) atoms. The number of thiol groups is 1. The van der Waals surface area contributed by atoms with Gasteiger partial charge in [0.2, 0.25) is 0 Å². The fourth-order valence-corrected chi connectivity index (χ4v) is 1.48. The highest BCUT2D eigenvalue weighted by Crippen LogP contribution is 2.27. The van der Waals surface area contributed by atoms with Gasteiger partial charge in [-0.15, -0.1) is 22.8 Å². The van der Waals surface area contributed by atoms with Gasteiger partial charge in [-0.05, 0) is 12.1 Å². The molecule has 0 aliphatic carbocycles. The van der Waals surface area contributed by atoms with Gasteiger partial charge < -0.3 is 14.5 Å². The summed E-state index contributed by atoms with van der Waals surface area (Å²) in [6.45, 7) is 0. The number of aromatic nitrogens is 3. The highest BCUT2D eigenvalue weighted by Gasteiger charge is 2.07. The number of ether oxygens (including phenoxy) is 2. The van der Waals surface area contributed by atoms with Crippen LogP contribution in [0.15, 0.2) is 23.4 Å². The van der Waals surface area contributed by atoms with E-state index in [1.165, 1.54) is 0 Å². The Labute approximate surface area is 98.2 Å². The number of H-pyrrole nitrogens is 1. The molecule has 0 unspecified atom stereocenters. The third kappa shape index (κ3) is 2.11. The Hall–Kier alpha value is -1.69. The average molecular weight is 237 g/mol. The molecule has 1 N–H and O–H groups in total. The number of hydrogen-bond acceptors (Lipinski definition) is 5. The van der Waals surface area contributed by atoms with Crippen LogP contribution in [0.5, 0.6) is 11.5 Å². The van der Waals surface area contributed by atoms with E-state index in [1.807, 2.05) is 12.1 Å². The summed E-state index contributed by atoms with van der Waals surface area (Å²) in [7, 11) is 3.20. The standard InChI is InChI=1S/C10H11N3O2S/c1-14-7-3-6(4-8(5-7)15-2)9-11-10(16)13-12-9/h3-5H,1-2H3,(H2,11,12,13,16). The lowest BCUT2D eigenvalue weighted by Crippen LogP contribution is -1.89. The highest BCUT2D eigenvalue weighted by atomic mass is 32.1. The second kappa shape index (κ2) is 4.44. The normalized spacial score (nSPS) is 10.2. The second-order valence-electron chi connectivity index (χ2n) is 3.10. The van der Waals surface area contributed by atoms with E-state index in [2.05, 4.69) is 27.8 Å². The molecule has 0 saturated heterocycles. The molecule has 2 rings (SSSR count). The van der Waals surface area contributed by atoms with Crippen LogP contribution in [0.2, 0.25) is 0 Å². The average Bonchev–Trinajstić information content (AvgIpc) is 2.75. The van der Waals surface area contributed by atoms with Crippen LogP contribution in [0.4, 0.5) is 0 Å². The molecule has 0 fully saturated rings. The maximum atomic E-state index is 5.16. The minimum atomic E-state index is 0.469. The first-order chi connectivity index (χ1) is 7.72. The predicted octanol–water partition coefficient (Wildman–Crippen LogP) is 1.78. The molecule has 5 nitrogen and oxygen atoms in total. The van der Waals surface area contributed by atoms with Crippen LogP contribution in [0.1, 0.15) is 0 Å². The fraction of sp³-hybridized carbons (Fsp3) is 0.200. The number of methoxy groups -OCH3 is 2. The van der Waals surface area contributed by atoms with Crippen molar-refractivity contribution in [3.05, 3.63) is 18.2 Å². The first kappa shape index (κ1) is 10.8. The van der Waals surface area contributed by atoms with E-state index in [-0.39, 0.29) is 0 Å². The number of nitrogens with one attached hydrogen (secondary N) is 1. The number of hydrogen-bond donors (Lipinski definition) is 2. The molecule has 0 aliphatic heterocycles. The van der Waals surface area contributed by atoms with Gasteiger partial charge in [0.05, 0.1) is 14.2 Å². The molecule has 1 heterocycles. The van der Waals surface area contributed by atoms with E-state index in [0.717, 1.165) is 5.56 Å². The van der Waals surface area contributed by atoms with Crippen molar-refractivity contribution in [2.45, 2.75) is 5.16 Å². The van der Waals surface area contributed by atoms with Gasteiger partial charge >= 0.3 is 0 Å². The second-order valence-corrected chi connectivity index (χ2v) is 3.52. The number of nitrogens with zero attached hydrogens (tertiary/aromatic N) is 2. The Morgan fingerprint density at radius 1 is 1.06 bits per heavy atom. The maximum Gasteiger partial charge on any atom is 0.185 e. The lowest BCUT2D eigenvalue weighted by atomic mass is 10.2. The van der Waals surface area contributed by atoms with Gasteiger partial charge in [0.1, 0.15) is 11.5 Å². The topological polar surface area (TPSA) is 60.0 Å². The van der Waals surface area contributed by atoms with Gasteiger partial charge in [0.25, 0.3) is 0 Å². The van der Waals surface area contributed by atoms with Crippen molar-refractivity contribution < 1.29 is 9.47 Å². The number of aromatic amines is 1. The molecule has 0 atom stereocenters. The Bertz CT molecular complexity index is 476. The van der Waals surface area contributed by atoms with Crippen molar-refractivity contribution in [2.75, 3.05) is 14.2 Å². The summed E-state index contributed by atoms with van der Waals surface area (Å²) in [5, 5.41) is 8.19. The van der Waals surface area contributed by atoms with E-state index in [1.54, 1.807) is 20.3 Å². The smallest absolute Gasteiger partial charge is 0.185 e. The molecule has 0 spiro atoms. The molecule has 1 aromatic heterocycles. The lowest BCUT2D eigenvalue weighted by molar-refractivity contribution is 0.394. The summed E-state index contributed by atoms with van der Waals surface area (Å²) in [5.41, 5.74) is 0.837. The number of benzene rings is 1. The zero-order valence-corrected chi connectivity index (χ0v) is 9.78. The minimum Gasteiger partial charge on any atom is -0.497 e. The van der Waals surface area contributed by atoms with Gasteiger partial charge in [0.15, 0.2) is 11.0 Å². The van der Waals surface area contributed by atoms with Gasteiger partial charge in [-0.2, -0.15) is 0 Å². The van der Waals surface area contributed by atoms with Crippen LogP contribution in [0.25, 0.3) is 11.4 Å². The molecular weight excluding hydrogens is 226 g/mol. The Balaban J connectivity index is 2.47. The highest BCUT2D eigenvalue weighted by molar-refractivity contribution is 7.80. The molecular formula is C10H11N3O2S. The van der Waals surface area contributed by atoms with Gasteiger partial charge in [-0.3, -0.25) is 0 Å². The van der Waals surface area contributed by atoms with Crippen molar-refractivity contribution in [3.8, 4) is 22.9 Å². The van der Waals surface area contributed by atoms with Crippen molar-refractivity contribution in [2.24, 2.45) is 0 Å². The predicted molar refractivity (Wildman–Crippen MR) is 62.2 cm³/mol. The number of rotatable bonds is 3. The zero-order valence-electron chi connectivity index (χ0n) is 8.89. The molecule has 6 heteroatoms. The molecule has 84 valence electrons. The molecule has 2 aromatic rings. The summed E-state index contributed by atoms with van der Waals surface area (Å²) in [4.78, 5) is 2.93. The van der Waals surface area contributed by atoms with E-state index in [9.17, 15) is 0 Å². The molecule has 0 radical (unpaired) electrons. The third-order valence-corrected chi connectivity index (χ3v) is 2.30. The van der Waals surface area contributed by atoms with E-state index >= 15 is 0 Å². The zero-order chi connectivity index (χ0) is 11.5. The Morgan fingerprint density at radius 3 is 2.12 bits per heavy atom. The Kier molecular flexibility index (Phi) is 3.00. The summed E-state index contributed by atoms with van der Waals surface area (Å²) >= 11 is 4.06. The van der Waals surface area contributed by atoms with Gasteiger partial charge in [-0.25, -0.2) is 0 Å². The summed E-state index contributed by atoms with van der Waals surface area (Å²) < 4.78 is 10.3. The van der Waals surface area contributed by atoms with Crippen LogP contribution >= 0.6 is 12.6 Å². The summed E-state index contributed by atoms with van der Waals surface area (Å²) in [6.07, 6.45) is 0. The monoisotopic (exact) mass is 237 g/mol. The molecule has 1 aromatic carbocycles. The third-order valence-electron chi connectivity index (χ3n) is 2.10. The molecule has 0 amide bonds. The summed E-state index contributed by atoms with van der Waals surface area (Å²) in [5.74, 6) is 2.03. The SMILES string of the molecule is COc1cc(OC)cc(-c2nnc(S)[nH]2)c1. The van der Waals surface area contributed by atoms with Crippen LogP contribution in [0.3, 0.4) is 0 Å². The van der Waals surface area contributed by atoms with Crippen molar-refractivity contribution >= 4 is 12.6 Å². The molecule has 0 aliphatic rings. The van der Waals surface area contributed by atoms with Crippen molar-refractivity contribution in [1.29, 1.82) is 0 Å². The fourth-order valence-electron chi connectivity index (χ4n) is 1.33. The van der Waals surface area contributed by atoms with Crippen LogP contribution < -0.4 is 9.47 Å². The van der Waals surface area contributed by atoms with Crippen LogP contribution in [0, 0.1) is 0 Å². The van der Waals surface area contributed by atoms with Gasteiger partial charge in [-0.1, -0.05) is 0 Å².